The van der Waals surface area contributed by atoms with Crippen molar-refractivity contribution >= 4 is 5.97 Å². The first kappa shape index (κ1) is 9.31. The van der Waals surface area contributed by atoms with E-state index >= 15 is 0 Å². The molecule has 14 heavy (non-hydrogen) atoms. The molecule has 3 nitrogen and oxygen atoms in total. The van der Waals surface area contributed by atoms with Gasteiger partial charge in [-0.05, 0) is 30.9 Å². The van der Waals surface area contributed by atoms with Gasteiger partial charge < -0.3 is 9.52 Å². The van der Waals surface area contributed by atoms with E-state index in [-0.39, 0.29) is 12.3 Å². The fourth-order valence-corrected chi connectivity index (χ4v) is 2.29. The predicted molar refractivity (Wildman–Crippen MR) is 51.3 cm³/mol. The van der Waals surface area contributed by atoms with E-state index in [1.54, 1.807) is 0 Å². The first-order valence-electron chi connectivity index (χ1n) is 4.89. The Bertz CT molecular complexity index is 365. The average molecular weight is 194 g/mol. The van der Waals surface area contributed by atoms with Crippen LogP contribution in [0.3, 0.4) is 0 Å². The maximum absolute atomic E-state index is 10.7. The van der Waals surface area contributed by atoms with Gasteiger partial charge in [-0.25, -0.2) is 0 Å². The van der Waals surface area contributed by atoms with Crippen molar-refractivity contribution in [3.05, 3.63) is 23.2 Å². The quantitative estimate of drug-likeness (QED) is 0.786. The maximum atomic E-state index is 10.7. The van der Waals surface area contributed by atoms with Crippen molar-refractivity contribution in [1.82, 2.24) is 0 Å². The smallest absolute Gasteiger partial charge is 0.304 e. The number of carbonyl (C=O) groups is 1. The summed E-state index contributed by atoms with van der Waals surface area (Å²) in [6, 6.07) is 2.02. The van der Waals surface area contributed by atoms with Gasteiger partial charge in [0.05, 0.1) is 6.42 Å². The molecule has 1 aromatic rings. The van der Waals surface area contributed by atoms with E-state index < -0.39 is 5.97 Å². The van der Waals surface area contributed by atoms with Crippen LogP contribution >= 0.6 is 0 Å². The first-order chi connectivity index (χ1) is 6.58. The van der Waals surface area contributed by atoms with Crippen LogP contribution in [0.5, 0.6) is 0 Å². The molecule has 0 bridgehead atoms. The van der Waals surface area contributed by atoms with Crippen molar-refractivity contribution in [3.8, 4) is 0 Å². The van der Waals surface area contributed by atoms with Crippen molar-refractivity contribution in [2.24, 2.45) is 5.92 Å². The van der Waals surface area contributed by atoms with Gasteiger partial charge in [0.25, 0.3) is 0 Å². The van der Waals surface area contributed by atoms with Crippen LogP contribution in [0.15, 0.2) is 10.5 Å². The summed E-state index contributed by atoms with van der Waals surface area (Å²) >= 11 is 0. The largest absolute Gasteiger partial charge is 0.481 e. The molecular weight excluding hydrogens is 180 g/mol. The van der Waals surface area contributed by atoms with Crippen LogP contribution in [-0.2, 0) is 11.2 Å². The Balaban J connectivity index is 2.28. The Morgan fingerprint density at radius 3 is 3.07 bits per heavy atom. The number of rotatable bonds is 2. The molecule has 0 fully saturated rings. The number of aryl methyl sites for hydroxylation is 1. The van der Waals surface area contributed by atoms with Crippen LogP contribution in [0.1, 0.15) is 36.3 Å². The van der Waals surface area contributed by atoms with E-state index in [0.29, 0.717) is 5.92 Å². The standard InChI is InChI=1S/C11H14O3/c1-6-3-8-4-7(2)14-11(8)9(6)5-10(12)13/h4,6,9H,3,5H2,1-2H3,(H,12,13). The molecule has 3 heteroatoms. The van der Waals surface area contributed by atoms with E-state index in [9.17, 15) is 4.79 Å². The molecule has 0 aromatic carbocycles. The third kappa shape index (κ3) is 1.43. The third-order valence-electron chi connectivity index (χ3n) is 2.93. The number of hydrogen-bond donors (Lipinski definition) is 1. The molecule has 76 valence electrons. The molecule has 1 aromatic heterocycles. The molecule has 2 rings (SSSR count). The number of aliphatic carboxylic acids is 1. The van der Waals surface area contributed by atoms with E-state index in [2.05, 4.69) is 6.92 Å². The minimum Gasteiger partial charge on any atom is -0.481 e. The van der Waals surface area contributed by atoms with Crippen LogP contribution in [0, 0.1) is 12.8 Å². The fraction of sp³-hybridized carbons (Fsp3) is 0.545. The van der Waals surface area contributed by atoms with Gasteiger partial charge in [0.1, 0.15) is 11.5 Å². The molecule has 0 saturated heterocycles. The second-order valence-corrected chi connectivity index (χ2v) is 4.13. The molecule has 1 heterocycles. The predicted octanol–water partition coefficient (Wildman–Crippen LogP) is 2.34. The number of carboxylic acid groups (broad SMARTS) is 1. The summed E-state index contributed by atoms with van der Waals surface area (Å²) in [6.45, 7) is 3.99. The maximum Gasteiger partial charge on any atom is 0.304 e. The molecule has 0 radical (unpaired) electrons. The number of furan rings is 1. The summed E-state index contributed by atoms with van der Waals surface area (Å²) in [7, 11) is 0. The molecule has 2 unspecified atom stereocenters. The Labute approximate surface area is 82.7 Å². The lowest BCUT2D eigenvalue weighted by atomic mass is 9.94. The van der Waals surface area contributed by atoms with Crippen molar-refractivity contribution < 1.29 is 14.3 Å². The van der Waals surface area contributed by atoms with Gasteiger partial charge in [0.15, 0.2) is 0 Å². The van der Waals surface area contributed by atoms with E-state index in [0.717, 1.165) is 17.9 Å². The van der Waals surface area contributed by atoms with Crippen LogP contribution in [0.4, 0.5) is 0 Å². The number of hydrogen-bond acceptors (Lipinski definition) is 2. The second-order valence-electron chi connectivity index (χ2n) is 4.13. The van der Waals surface area contributed by atoms with Crippen molar-refractivity contribution in [2.75, 3.05) is 0 Å². The van der Waals surface area contributed by atoms with Gasteiger partial charge in [0.2, 0.25) is 0 Å². The lowest BCUT2D eigenvalue weighted by Gasteiger charge is -2.12. The lowest BCUT2D eigenvalue weighted by Crippen LogP contribution is -2.09. The molecule has 1 N–H and O–H groups in total. The average Bonchev–Trinajstić information content (AvgIpc) is 2.51. The zero-order chi connectivity index (χ0) is 10.3. The summed E-state index contributed by atoms with van der Waals surface area (Å²) in [4.78, 5) is 10.7. The molecule has 0 aliphatic heterocycles. The molecular formula is C11H14O3. The summed E-state index contributed by atoms with van der Waals surface area (Å²) in [5.74, 6) is 1.50. The Morgan fingerprint density at radius 2 is 2.43 bits per heavy atom. The topological polar surface area (TPSA) is 50.4 Å². The zero-order valence-corrected chi connectivity index (χ0v) is 8.41. The number of fused-ring (bicyclic) bond motifs is 1. The normalized spacial score (nSPS) is 25.0. The minimum absolute atomic E-state index is 0.0659. The van der Waals surface area contributed by atoms with Crippen LogP contribution in [-0.4, -0.2) is 11.1 Å². The van der Waals surface area contributed by atoms with Gasteiger partial charge in [-0.2, -0.15) is 0 Å². The summed E-state index contributed by atoms with van der Waals surface area (Å²) in [5.41, 5.74) is 1.20. The highest BCUT2D eigenvalue weighted by molar-refractivity contribution is 5.68. The van der Waals surface area contributed by atoms with Gasteiger partial charge in [-0.1, -0.05) is 6.92 Å². The van der Waals surface area contributed by atoms with Gasteiger partial charge >= 0.3 is 5.97 Å². The van der Waals surface area contributed by atoms with Gasteiger partial charge in [-0.3, -0.25) is 4.79 Å². The highest BCUT2D eigenvalue weighted by Gasteiger charge is 2.34. The van der Waals surface area contributed by atoms with Crippen molar-refractivity contribution in [3.63, 3.8) is 0 Å². The van der Waals surface area contributed by atoms with Crippen LogP contribution in [0.25, 0.3) is 0 Å². The summed E-state index contributed by atoms with van der Waals surface area (Å²) in [5, 5.41) is 8.78. The van der Waals surface area contributed by atoms with Crippen molar-refractivity contribution in [2.45, 2.75) is 32.6 Å². The molecule has 1 aliphatic carbocycles. The molecule has 1 aliphatic rings. The van der Waals surface area contributed by atoms with Crippen LogP contribution < -0.4 is 0 Å². The molecule has 0 spiro atoms. The van der Waals surface area contributed by atoms with E-state index in [1.165, 1.54) is 5.56 Å². The van der Waals surface area contributed by atoms with Crippen LogP contribution in [0.2, 0.25) is 0 Å². The minimum atomic E-state index is -0.747. The summed E-state index contributed by atoms with van der Waals surface area (Å²) in [6.07, 6.45) is 1.13. The third-order valence-corrected chi connectivity index (χ3v) is 2.93. The van der Waals surface area contributed by atoms with Crippen molar-refractivity contribution in [1.29, 1.82) is 0 Å². The Kier molecular flexibility index (Phi) is 2.10. The monoisotopic (exact) mass is 194 g/mol. The molecule has 2 atom stereocenters. The highest BCUT2D eigenvalue weighted by atomic mass is 16.4. The highest BCUT2D eigenvalue weighted by Crippen LogP contribution is 2.41. The SMILES string of the molecule is Cc1cc2c(o1)C(CC(=O)O)C(C)C2. The number of carboxylic acids is 1. The van der Waals surface area contributed by atoms with E-state index in [1.807, 2.05) is 13.0 Å². The summed E-state index contributed by atoms with van der Waals surface area (Å²) < 4.78 is 5.55. The molecule has 0 amide bonds. The van der Waals surface area contributed by atoms with Gasteiger partial charge in [-0.15, -0.1) is 0 Å². The second kappa shape index (κ2) is 3.15. The first-order valence-corrected chi connectivity index (χ1v) is 4.89. The fourth-order valence-electron chi connectivity index (χ4n) is 2.29. The Morgan fingerprint density at radius 1 is 1.71 bits per heavy atom. The zero-order valence-electron chi connectivity index (χ0n) is 8.41. The van der Waals surface area contributed by atoms with Gasteiger partial charge in [0, 0.05) is 5.92 Å². The molecule has 0 saturated carbocycles. The van der Waals surface area contributed by atoms with E-state index in [4.69, 9.17) is 9.52 Å². The Hall–Kier alpha value is -1.25. The lowest BCUT2D eigenvalue weighted by molar-refractivity contribution is -0.137.